The zero-order valence-corrected chi connectivity index (χ0v) is 18.0. The summed E-state index contributed by atoms with van der Waals surface area (Å²) in [6, 6.07) is 20.6. The first kappa shape index (κ1) is 21.3. The molecule has 7 nitrogen and oxygen atoms in total. The molecule has 0 spiro atoms. The number of ether oxygens (including phenoxy) is 1. The fourth-order valence-corrected chi connectivity index (χ4v) is 4.27. The van der Waals surface area contributed by atoms with Crippen molar-refractivity contribution in [3.63, 3.8) is 0 Å². The van der Waals surface area contributed by atoms with Gasteiger partial charge in [0.25, 0.3) is 0 Å². The molecule has 2 aliphatic rings. The van der Waals surface area contributed by atoms with Crippen molar-refractivity contribution < 1.29 is 9.53 Å². The quantitative estimate of drug-likeness (QED) is 0.552. The number of carbonyl (C=O) groups is 1. The summed E-state index contributed by atoms with van der Waals surface area (Å²) in [5, 5.41) is 6.93. The van der Waals surface area contributed by atoms with Gasteiger partial charge in [-0.15, -0.1) is 0 Å². The van der Waals surface area contributed by atoms with E-state index in [9.17, 15) is 4.79 Å². The highest BCUT2D eigenvalue weighted by molar-refractivity contribution is 5.97. The van der Waals surface area contributed by atoms with Gasteiger partial charge in [-0.05, 0) is 17.7 Å². The molecule has 0 radical (unpaired) electrons. The third-order valence-electron chi connectivity index (χ3n) is 5.89. The van der Waals surface area contributed by atoms with Crippen molar-refractivity contribution in [3.8, 4) is 0 Å². The van der Waals surface area contributed by atoms with Crippen LogP contribution in [-0.2, 0) is 9.53 Å². The van der Waals surface area contributed by atoms with Crippen LogP contribution in [0.25, 0.3) is 0 Å². The summed E-state index contributed by atoms with van der Waals surface area (Å²) in [6.45, 7) is 4.71. The molecule has 7 heteroatoms. The van der Waals surface area contributed by atoms with Gasteiger partial charge in [0, 0.05) is 45.3 Å². The summed E-state index contributed by atoms with van der Waals surface area (Å²) in [5.74, 6) is 0.858. The van der Waals surface area contributed by atoms with Crippen LogP contribution in [0, 0.1) is 0 Å². The first-order valence-electron chi connectivity index (χ1n) is 10.9. The minimum atomic E-state index is 0.0254. The number of hydrogen-bond acceptors (Lipinski definition) is 4. The maximum atomic E-state index is 12.5. The number of aliphatic imine (C=N–C) groups is 1. The summed E-state index contributed by atoms with van der Waals surface area (Å²) in [6.07, 6.45) is 0.459. The van der Waals surface area contributed by atoms with Crippen molar-refractivity contribution in [2.24, 2.45) is 4.99 Å². The van der Waals surface area contributed by atoms with Crippen LogP contribution in [-0.4, -0.2) is 69.2 Å². The average Bonchev–Trinajstić information content (AvgIpc) is 3.20. The van der Waals surface area contributed by atoms with E-state index in [1.165, 1.54) is 5.56 Å². The molecule has 2 N–H and O–H groups in total. The van der Waals surface area contributed by atoms with E-state index in [4.69, 9.17) is 4.74 Å². The fraction of sp³-hybridized carbons (Fsp3) is 0.417. The van der Waals surface area contributed by atoms with Gasteiger partial charge >= 0.3 is 0 Å². The maximum absolute atomic E-state index is 12.5. The van der Waals surface area contributed by atoms with E-state index in [1.807, 2.05) is 41.3 Å². The molecule has 0 bridgehead atoms. The van der Waals surface area contributed by atoms with Crippen molar-refractivity contribution in [2.45, 2.75) is 18.5 Å². The van der Waals surface area contributed by atoms with Gasteiger partial charge in [0.15, 0.2) is 5.96 Å². The van der Waals surface area contributed by atoms with E-state index < -0.39 is 0 Å². The zero-order chi connectivity index (χ0) is 21.5. The van der Waals surface area contributed by atoms with Gasteiger partial charge in [0.2, 0.25) is 5.91 Å². The number of guanidine groups is 1. The van der Waals surface area contributed by atoms with E-state index in [2.05, 4.69) is 44.8 Å². The van der Waals surface area contributed by atoms with Crippen LogP contribution < -0.4 is 15.5 Å². The van der Waals surface area contributed by atoms with Crippen LogP contribution in [0.2, 0.25) is 0 Å². The Labute approximate surface area is 184 Å². The number of benzene rings is 2. The minimum Gasteiger partial charge on any atom is -0.379 e. The number of hydrogen-bond donors (Lipinski definition) is 2. The van der Waals surface area contributed by atoms with Crippen molar-refractivity contribution >= 4 is 17.6 Å². The first-order valence-corrected chi connectivity index (χ1v) is 10.9. The molecule has 2 aromatic rings. The number of morpholine rings is 1. The number of anilines is 1. The van der Waals surface area contributed by atoms with Gasteiger partial charge in [-0.2, -0.15) is 0 Å². The first-order chi connectivity index (χ1) is 15.2. The van der Waals surface area contributed by atoms with Crippen LogP contribution in [0.3, 0.4) is 0 Å². The van der Waals surface area contributed by atoms with Gasteiger partial charge in [0.05, 0.1) is 25.3 Å². The van der Waals surface area contributed by atoms with Gasteiger partial charge < -0.3 is 20.3 Å². The van der Waals surface area contributed by atoms with Crippen molar-refractivity contribution in [1.82, 2.24) is 15.5 Å². The Hall–Kier alpha value is -2.90. The highest BCUT2D eigenvalue weighted by atomic mass is 16.5. The van der Waals surface area contributed by atoms with Gasteiger partial charge in [-0.25, -0.2) is 0 Å². The van der Waals surface area contributed by atoms with Gasteiger partial charge in [-0.3, -0.25) is 14.7 Å². The monoisotopic (exact) mass is 421 g/mol. The van der Waals surface area contributed by atoms with Gasteiger partial charge in [0.1, 0.15) is 0 Å². The Bertz CT molecular complexity index is 868. The number of rotatable bonds is 6. The minimum absolute atomic E-state index is 0.0254. The van der Waals surface area contributed by atoms with Crippen molar-refractivity contribution in [2.75, 3.05) is 51.3 Å². The Morgan fingerprint density at radius 1 is 1.10 bits per heavy atom. The lowest BCUT2D eigenvalue weighted by Gasteiger charge is -2.35. The van der Waals surface area contributed by atoms with Gasteiger partial charge in [-0.1, -0.05) is 48.5 Å². The third-order valence-corrected chi connectivity index (χ3v) is 5.89. The summed E-state index contributed by atoms with van der Waals surface area (Å²) >= 11 is 0. The van der Waals surface area contributed by atoms with E-state index >= 15 is 0 Å². The molecular weight excluding hydrogens is 390 g/mol. The Kier molecular flexibility index (Phi) is 7.17. The molecule has 4 rings (SSSR count). The molecule has 2 unspecified atom stereocenters. The normalized spacial score (nSPS) is 21.2. The molecule has 164 valence electrons. The van der Waals surface area contributed by atoms with Crippen LogP contribution >= 0.6 is 0 Å². The predicted octanol–water partition coefficient (Wildman–Crippen LogP) is 2.03. The number of carbonyl (C=O) groups excluding carboxylic acids is 1. The van der Waals surface area contributed by atoms with Crippen LogP contribution in [0.4, 0.5) is 5.69 Å². The number of nitrogens with one attached hydrogen (secondary N) is 2. The largest absolute Gasteiger partial charge is 0.379 e. The molecule has 2 aliphatic heterocycles. The second-order valence-corrected chi connectivity index (χ2v) is 7.91. The highest BCUT2D eigenvalue weighted by Crippen LogP contribution is 2.22. The summed E-state index contributed by atoms with van der Waals surface area (Å²) in [4.78, 5) is 21.2. The lowest BCUT2D eigenvalue weighted by Crippen LogP contribution is -2.48. The molecule has 0 aromatic heterocycles. The van der Waals surface area contributed by atoms with E-state index in [-0.39, 0.29) is 18.0 Å². The molecule has 2 saturated heterocycles. The molecule has 31 heavy (non-hydrogen) atoms. The molecule has 2 atom stereocenters. The highest BCUT2D eigenvalue weighted by Gasteiger charge is 2.31. The molecule has 0 saturated carbocycles. The predicted molar refractivity (Wildman–Crippen MR) is 123 cm³/mol. The SMILES string of the molecule is CN=C(NCC(c1ccccc1)N1CCOCC1)NC1CC(=O)N(c2ccccc2)C1. The second-order valence-electron chi connectivity index (χ2n) is 7.91. The van der Waals surface area contributed by atoms with Crippen molar-refractivity contribution in [1.29, 1.82) is 0 Å². The van der Waals surface area contributed by atoms with E-state index in [1.54, 1.807) is 7.05 Å². The lowest BCUT2D eigenvalue weighted by atomic mass is 10.0. The Morgan fingerprint density at radius 2 is 1.77 bits per heavy atom. The second kappa shape index (κ2) is 10.4. The van der Waals surface area contributed by atoms with Crippen LogP contribution in [0.5, 0.6) is 0 Å². The summed E-state index contributed by atoms with van der Waals surface area (Å²) < 4.78 is 5.54. The Morgan fingerprint density at radius 3 is 2.45 bits per heavy atom. The molecule has 0 aliphatic carbocycles. The average molecular weight is 422 g/mol. The zero-order valence-electron chi connectivity index (χ0n) is 18.0. The fourth-order valence-electron chi connectivity index (χ4n) is 4.27. The third kappa shape index (κ3) is 5.42. The molecule has 2 aromatic carbocycles. The molecule has 2 heterocycles. The number of para-hydroxylation sites is 1. The standard InChI is InChI=1S/C24H31N5O2/c1-25-24(27-20-16-23(30)29(18-20)21-10-6-3-7-11-21)26-17-22(19-8-4-2-5-9-19)28-12-14-31-15-13-28/h2-11,20,22H,12-18H2,1H3,(H2,25,26,27). The lowest BCUT2D eigenvalue weighted by molar-refractivity contribution is -0.117. The van der Waals surface area contributed by atoms with E-state index in [0.717, 1.165) is 44.5 Å². The van der Waals surface area contributed by atoms with Crippen LogP contribution in [0.1, 0.15) is 18.0 Å². The smallest absolute Gasteiger partial charge is 0.229 e. The van der Waals surface area contributed by atoms with Crippen molar-refractivity contribution in [3.05, 3.63) is 66.2 Å². The Balaban J connectivity index is 1.37. The number of amides is 1. The topological polar surface area (TPSA) is 69.2 Å². The van der Waals surface area contributed by atoms with Crippen LogP contribution in [0.15, 0.2) is 65.7 Å². The summed E-state index contributed by atoms with van der Waals surface area (Å²) in [7, 11) is 1.77. The summed E-state index contributed by atoms with van der Waals surface area (Å²) in [5.41, 5.74) is 2.22. The molecule has 2 fully saturated rings. The van der Waals surface area contributed by atoms with E-state index in [0.29, 0.717) is 13.0 Å². The molecular formula is C24H31N5O2. The number of nitrogens with zero attached hydrogens (tertiary/aromatic N) is 3. The molecule has 1 amide bonds. The maximum Gasteiger partial charge on any atom is 0.229 e.